The number of carbonyl (C=O) groups is 1. The fraction of sp³-hybridized carbons (Fsp3) is 0.167. The smallest absolute Gasteiger partial charge is 0.253 e. The Hall–Kier alpha value is -1.79. The maximum Gasteiger partial charge on any atom is 0.253 e. The zero-order chi connectivity index (χ0) is 12.3. The highest BCUT2D eigenvalue weighted by molar-refractivity contribution is 6.31. The first-order valence-electron chi connectivity index (χ1n) is 4.60. The van der Waals surface area contributed by atoms with Gasteiger partial charge in [0.05, 0.1) is 11.3 Å². The zero-order valence-corrected chi connectivity index (χ0v) is 9.88. The molecule has 0 aliphatic heterocycles. The van der Waals surface area contributed by atoms with Crippen LogP contribution in [0.2, 0.25) is 5.02 Å². The van der Waals surface area contributed by atoms with Crippen molar-refractivity contribution in [3.05, 3.63) is 40.9 Å². The second-order valence-corrected chi connectivity index (χ2v) is 3.85. The van der Waals surface area contributed by atoms with Crippen LogP contribution in [0.15, 0.2) is 30.4 Å². The first kappa shape index (κ1) is 12.3. The van der Waals surface area contributed by atoms with Crippen molar-refractivity contribution in [3.8, 4) is 6.07 Å². The van der Waals surface area contributed by atoms with Crippen LogP contribution >= 0.6 is 11.6 Å². The fourth-order valence-electron chi connectivity index (χ4n) is 1.27. The highest BCUT2D eigenvalue weighted by Gasteiger charge is 2.15. The van der Waals surface area contributed by atoms with Crippen molar-refractivity contribution < 1.29 is 4.79 Å². The number of nitriles is 1. The van der Waals surface area contributed by atoms with Gasteiger partial charge < -0.3 is 4.90 Å². The van der Waals surface area contributed by atoms with Gasteiger partial charge in [-0.2, -0.15) is 5.26 Å². The molecule has 0 saturated heterocycles. The van der Waals surface area contributed by atoms with Gasteiger partial charge in [0.25, 0.3) is 5.91 Å². The Morgan fingerprint density at radius 1 is 1.56 bits per heavy atom. The van der Waals surface area contributed by atoms with Gasteiger partial charge in [0.2, 0.25) is 0 Å². The fourth-order valence-corrected chi connectivity index (χ4v) is 1.44. The quantitative estimate of drug-likeness (QED) is 0.739. The van der Waals surface area contributed by atoms with Crippen molar-refractivity contribution in [2.45, 2.75) is 6.92 Å². The van der Waals surface area contributed by atoms with Gasteiger partial charge in [0, 0.05) is 17.6 Å². The molecule has 82 valence electrons. The van der Waals surface area contributed by atoms with Crippen LogP contribution in [0, 0.1) is 11.3 Å². The van der Waals surface area contributed by atoms with E-state index in [1.54, 1.807) is 32.2 Å². The van der Waals surface area contributed by atoms with E-state index in [4.69, 9.17) is 16.9 Å². The third kappa shape index (κ3) is 2.41. The summed E-state index contributed by atoms with van der Waals surface area (Å²) in [5, 5.41) is 9.41. The monoisotopic (exact) mass is 234 g/mol. The Morgan fingerprint density at radius 3 is 2.69 bits per heavy atom. The maximum absolute atomic E-state index is 11.7. The molecule has 0 saturated carbocycles. The van der Waals surface area contributed by atoms with Crippen molar-refractivity contribution in [1.29, 1.82) is 5.26 Å². The van der Waals surface area contributed by atoms with Gasteiger partial charge in [-0.25, -0.2) is 0 Å². The van der Waals surface area contributed by atoms with Gasteiger partial charge in [-0.15, -0.1) is 0 Å². The van der Waals surface area contributed by atoms with Crippen LogP contribution in [0.1, 0.15) is 12.5 Å². The molecule has 1 rings (SSSR count). The third-order valence-electron chi connectivity index (χ3n) is 2.11. The molecule has 0 aromatic heterocycles. The Balaban J connectivity index is 3.22. The van der Waals surface area contributed by atoms with E-state index in [1.807, 2.05) is 6.07 Å². The highest BCUT2D eigenvalue weighted by atomic mass is 35.5. The summed E-state index contributed by atoms with van der Waals surface area (Å²) < 4.78 is 0. The topological polar surface area (TPSA) is 44.1 Å². The van der Waals surface area contributed by atoms with Crippen molar-refractivity contribution >= 4 is 23.2 Å². The number of hydrogen-bond donors (Lipinski definition) is 0. The molecule has 0 aliphatic rings. The first-order chi connectivity index (χ1) is 7.47. The van der Waals surface area contributed by atoms with Crippen LogP contribution in [-0.4, -0.2) is 13.0 Å². The third-order valence-corrected chi connectivity index (χ3v) is 2.35. The highest BCUT2D eigenvalue weighted by Crippen LogP contribution is 2.24. The molecule has 4 heteroatoms. The van der Waals surface area contributed by atoms with E-state index in [-0.39, 0.29) is 5.91 Å². The van der Waals surface area contributed by atoms with Crippen LogP contribution in [0.5, 0.6) is 0 Å². The van der Waals surface area contributed by atoms with E-state index in [2.05, 4.69) is 6.58 Å². The summed E-state index contributed by atoms with van der Waals surface area (Å²) in [7, 11) is 1.59. The molecule has 0 aliphatic carbocycles. The van der Waals surface area contributed by atoms with E-state index in [9.17, 15) is 4.79 Å². The predicted molar refractivity (Wildman–Crippen MR) is 64.4 cm³/mol. The minimum Gasteiger partial charge on any atom is -0.310 e. The number of benzene rings is 1. The average molecular weight is 235 g/mol. The van der Waals surface area contributed by atoms with E-state index < -0.39 is 0 Å². The number of nitrogens with zero attached hydrogens (tertiary/aromatic N) is 2. The molecule has 0 heterocycles. The second kappa shape index (κ2) is 4.82. The van der Waals surface area contributed by atoms with Crippen LogP contribution in [0.25, 0.3) is 0 Å². The molecular weight excluding hydrogens is 224 g/mol. The lowest BCUT2D eigenvalue weighted by Crippen LogP contribution is -2.27. The molecule has 0 unspecified atom stereocenters. The lowest BCUT2D eigenvalue weighted by Gasteiger charge is -2.18. The molecule has 16 heavy (non-hydrogen) atoms. The summed E-state index contributed by atoms with van der Waals surface area (Å²) in [5.41, 5.74) is 1.30. The Kier molecular flexibility index (Phi) is 3.70. The summed E-state index contributed by atoms with van der Waals surface area (Å²) in [5.74, 6) is -0.237. The van der Waals surface area contributed by atoms with Gasteiger partial charge in [0.15, 0.2) is 0 Å². The lowest BCUT2D eigenvalue weighted by atomic mass is 10.1. The summed E-state index contributed by atoms with van der Waals surface area (Å²) in [6.07, 6.45) is 0. The zero-order valence-electron chi connectivity index (χ0n) is 9.12. The molecule has 0 bridgehead atoms. The number of halogens is 1. The summed E-state index contributed by atoms with van der Waals surface area (Å²) in [6, 6.07) is 6.80. The van der Waals surface area contributed by atoms with Crippen molar-refractivity contribution in [1.82, 2.24) is 0 Å². The van der Waals surface area contributed by atoms with Gasteiger partial charge in [-0.1, -0.05) is 18.2 Å². The van der Waals surface area contributed by atoms with Crippen LogP contribution < -0.4 is 4.90 Å². The molecular formula is C12H11ClN2O. The van der Waals surface area contributed by atoms with Crippen molar-refractivity contribution in [3.63, 3.8) is 0 Å². The normalized spacial score (nSPS) is 9.38. The largest absolute Gasteiger partial charge is 0.310 e. The van der Waals surface area contributed by atoms with Gasteiger partial charge in [0.1, 0.15) is 6.07 Å². The Labute approximate surface area is 99.5 Å². The molecule has 1 amide bonds. The Bertz CT molecular complexity index is 488. The number of rotatable bonds is 2. The average Bonchev–Trinajstić information content (AvgIpc) is 2.26. The molecule has 3 nitrogen and oxygen atoms in total. The minimum atomic E-state index is -0.237. The molecule has 0 radical (unpaired) electrons. The standard InChI is InChI=1S/C12H11ClN2O/c1-8(2)12(16)15(3)11-6-10(13)5-4-9(11)7-14/h4-6H,1H2,2-3H3. The van der Waals surface area contributed by atoms with E-state index in [1.165, 1.54) is 4.90 Å². The van der Waals surface area contributed by atoms with E-state index >= 15 is 0 Å². The summed E-state index contributed by atoms with van der Waals surface area (Å²) in [4.78, 5) is 13.1. The maximum atomic E-state index is 11.7. The molecule has 0 fully saturated rings. The summed E-state index contributed by atoms with van der Waals surface area (Å²) in [6.45, 7) is 5.19. The number of likely N-dealkylation sites (N-methyl/N-ethyl adjacent to an activating group) is 1. The first-order valence-corrected chi connectivity index (χ1v) is 4.98. The van der Waals surface area contributed by atoms with E-state index in [0.29, 0.717) is 21.8 Å². The second-order valence-electron chi connectivity index (χ2n) is 3.42. The van der Waals surface area contributed by atoms with Gasteiger partial charge in [-0.3, -0.25) is 4.79 Å². The Morgan fingerprint density at radius 2 is 2.19 bits per heavy atom. The SMILES string of the molecule is C=C(C)C(=O)N(C)c1cc(Cl)ccc1C#N. The predicted octanol–water partition coefficient (Wildman–Crippen LogP) is 2.75. The van der Waals surface area contributed by atoms with Crippen LogP contribution in [0.3, 0.4) is 0 Å². The van der Waals surface area contributed by atoms with Crippen molar-refractivity contribution in [2.24, 2.45) is 0 Å². The van der Waals surface area contributed by atoms with Crippen LogP contribution in [-0.2, 0) is 4.79 Å². The molecule has 0 spiro atoms. The van der Waals surface area contributed by atoms with Gasteiger partial charge in [-0.05, 0) is 25.1 Å². The molecule has 1 aromatic rings. The number of hydrogen-bond acceptors (Lipinski definition) is 2. The molecule has 1 aromatic carbocycles. The van der Waals surface area contributed by atoms with Crippen molar-refractivity contribution in [2.75, 3.05) is 11.9 Å². The van der Waals surface area contributed by atoms with Crippen LogP contribution in [0.4, 0.5) is 5.69 Å². The van der Waals surface area contributed by atoms with E-state index in [0.717, 1.165) is 0 Å². The number of anilines is 1. The van der Waals surface area contributed by atoms with Gasteiger partial charge >= 0.3 is 0 Å². The minimum absolute atomic E-state index is 0.237. The number of amides is 1. The lowest BCUT2D eigenvalue weighted by molar-refractivity contribution is -0.114. The molecule has 0 atom stereocenters. The molecule has 0 N–H and O–H groups in total. The number of carbonyl (C=O) groups excluding carboxylic acids is 1. The summed E-state index contributed by atoms with van der Waals surface area (Å²) >= 11 is 5.83.